The molecule has 2 rings (SSSR count). The van der Waals surface area contributed by atoms with Crippen molar-refractivity contribution in [1.82, 2.24) is 9.97 Å². The van der Waals surface area contributed by atoms with Crippen LogP contribution >= 0.6 is 0 Å². The molecule has 0 aliphatic carbocycles. The quantitative estimate of drug-likeness (QED) is 0.808. The van der Waals surface area contributed by atoms with Crippen molar-refractivity contribution >= 4 is 27.8 Å². The van der Waals surface area contributed by atoms with E-state index in [9.17, 15) is 13.2 Å². The summed E-state index contributed by atoms with van der Waals surface area (Å²) in [5.41, 5.74) is 0.690. The normalized spacial score (nSPS) is 11.4. The molecule has 0 aromatic carbocycles. The predicted molar refractivity (Wildman–Crippen MR) is 76.0 cm³/mol. The van der Waals surface area contributed by atoms with E-state index in [2.05, 4.69) is 14.7 Å². The van der Waals surface area contributed by atoms with E-state index in [0.717, 1.165) is 6.08 Å². The van der Waals surface area contributed by atoms with Crippen LogP contribution in [0.2, 0.25) is 0 Å². The number of anilines is 1. The SMILES string of the molecule is O=C(O)C=Cc1cncc(S(=O)(=O)Nc2cccnc2)c1. The monoisotopic (exact) mass is 305 g/mol. The molecule has 2 aromatic rings. The summed E-state index contributed by atoms with van der Waals surface area (Å²) >= 11 is 0. The fourth-order valence-electron chi connectivity index (χ4n) is 1.48. The Morgan fingerprint density at radius 3 is 2.71 bits per heavy atom. The van der Waals surface area contributed by atoms with Gasteiger partial charge in [-0.25, -0.2) is 13.2 Å². The summed E-state index contributed by atoms with van der Waals surface area (Å²) in [6.07, 6.45) is 7.61. The molecule has 2 N–H and O–H groups in total. The van der Waals surface area contributed by atoms with Gasteiger partial charge in [-0.1, -0.05) is 0 Å². The molecule has 0 saturated carbocycles. The van der Waals surface area contributed by atoms with E-state index in [4.69, 9.17) is 5.11 Å². The number of carbonyl (C=O) groups is 1. The molecule has 0 saturated heterocycles. The topological polar surface area (TPSA) is 109 Å². The first kappa shape index (κ1) is 14.7. The number of carboxylic acid groups (broad SMARTS) is 1. The molecule has 0 aliphatic rings. The molecular formula is C13H11N3O4S. The number of nitrogens with one attached hydrogen (secondary N) is 1. The molecule has 2 heterocycles. The van der Waals surface area contributed by atoms with Gasteiger partial charge < -0.3 is 5.11 Å². The van der Waals surface area contributed by atoms with Crippen molar-refractivity contribution in [2.24, 2.45) is 0 Å². The van der Waals surface area contributed by atoms with Gasteiger partial charge in [0.05, 0.1) is 11.9 Å². The predicted octanol–water partition coefficient (Wildman–Crippen LogP) is 1.38. The van der Waals surface area contributed by atoms with E-state index in [-0.39, 0.29) is 4.90 Å². The summed E-state index contributed by atoms with van der Waals surface area (Å²) in [4.78, 5) is 18.0. The van der Waals surface area contributed by atoms with Gasteiger partial charge in [0.2, 0.25) is 0 Å². The Kier molecular flexibility index (Phi) is 4.29. The fourth-order valence-corrected chi connectivity index (χ4v) is 2.52. The van der Waals surface area contributed by atoms with E-state index in [1.165, 1.54) is 36.9 Å². The molecule has 0 radical (unpaired) electrons. The molecule has 0 atom stereocenters. The summed E-state index contributed by atoms with van der Waals surface area (Å²) in [6, 6.07) is 4.49. The van der Waals surface area contributed by atoms with Gasteiger partial charge in [-0.15, -0.1) is 0 Å². The van der Waals surface area contributed by atoms with Gasteiger partial charge in [0, 0.05) is 24.7 Å². The molecule has 7 nitrogen and oxygen atoms in total. The number of hydrogen-bond donors (Lipinski definition) is 2. The van der Waals surface area contributed by atoms with Crippen LogP contribution in [0, 0.1) is 0 Å². The van der Waals surface area contributed by atoms with Crippen LogP contribution in [0.5, 0.6) is 0 Å². The molecule has 0 bridgehead atoms. The highest BCUT2D eigenvalue weighted by atomic mass is 32.2. The number of rotatable bonds is 5. The third-order valence-electron chi connectivity index (χ3n) is 2.38. The van der Waals surface area contributed by atoms with Crippen LogP contribution in [0.4, 0.5) is 5.69 Å². The number of aliphatic carboxylic acids is 1. The number of sulfonamides is 1. The van der Waals surface area contributed by atoms with Gasteiger partial charge in [0.25, 0.3) is 10.0 Å². The van der Waals surface area contributed by atoms with Crippen LogP contribution < -0.4 is 4.72 Å². The van der Waals surface area contributed by atoms with Crippen LogP contribution in [0.25, 0.3) is 6.08 Å². The Labute approximate surface area is 121 Å². The lowest BCUT2D eigenvalue weighted by Crippen LogP contribution is -2.13. The molecule has 8 heteroatoms. The molecular weight excluding hydrogens is 294 g/mol. The third-order valence-corrected chi connectivity index (χ3v) is 3.73. The first-order chi connectivity index (χ1) is 9.97. The Morgan fingerprint density at radius 1 is 1.24 bits per heavy atom. The van der Waals surface area contributed by atoms with Crippen molar-refractivity contribution in [3.63, 3.8) is 0 Å². The maximum atomic E-state index is 12.2. The molecule has 2 aromatic heterocycles. The highest BCUT2D eigenvalue weighted by Gasteiger charge is 2.14. The van der Waals surface area contributed by atoms with Crippen molar-refractivity contribution < 1.29 is 18.3 Å². The Bertz CT molecular complexity index is 773. The number of carboxylic acids is 1. The molecule has 0 aliphatic heterocycles. The summed E-state index contributed by atoms with van der Waals surface area (Å²) in [5, 5.41) is 8.55. The lowest BCUT2D eigenvalue weighted by molar-refractivity contribution is -0.131. The van der Waals surface area contributed by atoms with Gasteiger partial charge in [0.1, 0.15) is 4.90 Å². The Balaban J connectivity index is 2.28. The summed E-state index contributed by atoms with van der Waals surface area (Å²) in [6.45, 7) is 0. The smallest absolute Gasteiger partial charge is 0.328 e. The molecule has 0 unspecified atom stereocenters. The average Bonchev–Trinajstić information content (AvgIpc) is 2.46. The van der Waals surface area contributed by atoms with Gasteiger partial charge in [-0.3, -0.25) is 14.7 Å². The van der Waals surface area contributed by atoms with Crippen LogP contribution in [0.1, 0.15) is 5.56 Å². The number of pyridine rings is 2. The number of nitrogens with zero attached hydrogens (tertiary/aromatic N) is 2. The standard InChI is InChI=1S/C13H11N3O4S/c17-13(18)4-3-10-6-12(9-15-7-10)21(19,20)16-11-2-1-5-14-8-11/h1-9,16H,(H,17,18). The summed E-state index contributed by atoms with van der Waals surface area (Å²) < 4.78 is 26.7. The summed E-state index contributed by atoms with van der Waals surface area (Å²) in [5.74, 6) is -1.13. The van der Waals surface area contributed by atoms with Crippen molar-refractivity contribution in [3.05, 3.63) is 54.6 Å². The highest BCUT2D eigenvalue weighted by molar-refractivity contribution is 7.92. The van der Waals surface area contributed by atoms with E-state index in [1.807, 2.05) is 0 Å². The second-order valence-corrected chi connectivity index (χ2v) is 5.66. The fraction of sp³-hybridized carbons (Fsp3) is 0. The van der Waals surface area contributed by atoms with Crippen LogP contribution in [0.3, 0.4) is 0 Å². The van der Waals surface area contributed by atoms with Crippen molar-refractivity contribution in [2.75, 3.05) is 4.72 Å². The first-order valence-electron chi connectivity index (χ1n) is 5.76. The maximum Gasteiger partial charge on any atom is 0.328 e. The Hall–Kier alpha value is -2.74. The van der Waals surface area contributed by atoms with Gasteiger partial charge in [0.15, 0.2) is 0 Å². The zero-order valence-corrected chi connectivity index (χ0v) is 11.5. The van der Waals surface area contributed by atoms with Gasteiger partial charge >= 0.3 is 5.97 Å². The lowest BCUT2D eigenvalue weighted by Gasteiger charge is -2.07. The minimum atomic E-state index is -3.81. The average molecular weight is 305 g/mol. The van der Waals surface area contributed by atoms with E-state index >= 15 is 0 Å². The number of aromatic nitrogens is 2. The van der Waals surface area contributed by atoms with Crippen LogP contribution in [-0.4, -0.2) is 29.5 Å². The number of hydrogen-bond acceptors (Lipinski definition) is 5. The van der Waals surface area contributed by atoms with E-state index < -0.39 is 16.0 Å². The zero-order valence-electron chi connectivity index (χ0n) is 10.7. The molecule has 0 spiro atoms. The maximum absolute atomic E-state index is 12.2. The molecule has 108 valence electrons. The molecule has 0 amide bonds. The van der Waals surface area contributed by atoms with Crippen molar-refractivity contribution in [1.29, 1.82) is 0 Å². The van der Waals surface area contributed by atoms with Crippen LogP contribution in [0.15, 0.2) is 54.0 Å². The second kappa shape index (κ2) is 6.14. The lowest BCUT2D eigenvalue weighted by atomic mass is 10.2. The highest BCUT2D eigenvalue weighted by Crippen LogP contribution is 2.15. The Morgan fingerprint density at radius 2 is 2.05 bits per heavy atom. The van der Waals surface area contributed by atoms with Gasteiger partial charge in [-0.05, 0) is 29.8 Å². The zero-order chi connectivity index (χ0) is 15.3. The van der Waals surface area contributed by atoms with Gasteiger partial charge in [-0.2, -0.15) is 0 Å². The van der Waals surface area contributed by atoms with Crippen LogP contribution in [-0.2, 0) is 14.8 Å². The van der Waals surface area contributed by atoms with E-state index in [0.29, 0.717) is 11.3 Å². The second-order valence-electron chi connectivity index (χ2n) is 3.97. The molecule has 21 heavy (non-hydrogen) atoms. The van der Waals surface area contributed by atoms with E-state index in [1.54, 1.807) is 12.1 Å². The van der Waals surface area contributed by atoms with Crippen molar-refractivity contribution in [3.8, 4) is 0 Å². The minimum Gasteiger partial charge on any atom is -0.478 e. The minimum absolute atomic E-state index is 0.0705. The largest absolute Gasteiger partial charge is 0.478 e. The first-order valence-corrected chi connectivity index (χ1v) is 7.24. The molecule has 0 fully saturated rings. The summed E-state index contributed by atoms with van der Waals surface area (Å²) in [7, 11) is -3.81. The van der Waals surface area contributed by atoms with Crippen molar-refractivity contribution in [2.45, 2.75) is 4.90 Å². The third kappa shape index (κ3) is 4.11.